The van der Waals surface area contributed by atoms with Crippen molar-refractivity contribution in [2.45, 2.75) is 31.9 Å². The van der Waals surface area contributed by atoms with E-state index in [1.54, 1.807) is 18.3 Å². The van der Waals surface area contributed by atoms with Crippen molar-refractivity contribution in [1.82, 2.24) is 20.5 Å². The normalized spacial score (nSPS) is 16.7. The molecule has 1 saturated heterocycles. The van der Waals surface area contributed by atoms with E-state index >= 15 is 0 Å². The first-order chi connectivity index (χ1) is 11.6. The second-order valence-electron chi connectivity index (χ2n) is 5.96. The van der Waals surface area contributed by atoms with Gasteiger partial charge in [0.25, 0.3) is 5.91 Å². The van der Waals surface area contributed by atoms with Gasteiger partial charge in [-0.3, -0.25) is 9.78 Å². The summed E-state index contributed by atoms with van der Waals surface area (Å²) in [7, 11) is 0. The van der Waals surface area contributed by atoms with E-state index in [9.17, 15) is 9.90 Å². The lowest BCUT2D eigenvalue weighted by Gasteiger charge is -2.33. The van der Waals surface area contributed by atoms with Gasteiger partial charge in [0.15, 0.2) is 5.69 Å². The van der Waals surface area contributed by atoms with Gasteiger partial charge >= 0.3 is 0 Å². The molecular formula is C17H21N5O2. The minimum atomic E-state index is -0.257. The molecule has 0 aromatic carbocycles. The summed E-state index contributed by atoms with van der Waals surface area (Å²) in [6.07, 6.45) is 6.34. The predicted molar refractivity (Wildman–Crippen MR) is 89.6 cm³/mol. The Labute approximate surface area is 140 Å². The van der Waals surface area contributed by atoms with Crippen molar-refractivity contribution in [1.29, 1.82) is 0 Å². The Bertz CT molecular complexity index is 686. The van der Waals surface area contributed by atoms with Crippen molar-refractivity contribution in [3.8, 4) is 0 Å². The molecule has 1 aliphatic heterocycles. The van der Waals surface area contributed by atoms with Crippen molar-refractivity contribution in [3.63, 3.8) is 0 Å². The van der Waals surface area contributed by atoms with Crippen LogP contribution in [0, 0.1) is 0 Å². The van der Waals surface area contributed by atoms with Crippen molar-refractivity contribution < 1.29 is 9.90 Å². The van der Waals surface area contributed by atoms with Crippen LogP contribution < -0.4 is 10.2 Å². The van der Waals surface area contributed by atoms with Gasteiger partial charge in [0.1, 0.15) is 0 Å². The summed E-state index contributed by atoms with van der Waals surface area (Å²) in [5.41, 5.74) is 2.29. The van der Waals surface area contributed by atoms with Crippen LogP contribution in [0.25, 0.3) is 0 Å². The Hall–Kier alpha value is -2.54. The number of anilines is 1. The molecule has 0 bridgehead atoms. The number of carbonyl (C=O) groups excluding carboxylic acids is 1. The molecule has 3 heterocycles. The molecule has 0 spiro atoms. The number of piperidine rings is 1. The molecule has 1 fully saturated rings. The maximum Gasteiger partial charge on any atom is 0.272 e. The van der Waals surface area contributed by atoms with Crippen LogP contribution in [0.3, 0.4) is 0 Å². The van der Waals surface area contributed by atoms with Crippen LogP contribution in [0.4, 0.5) is 5.69 Å². The van der Waals surface area contributed by atoms with Crippen LogP contribution >= 0.6 is 0 Å². The van der Waals surface area contributed by atoms with E-state index in [-0.39, 0.29) is 18.1 Å². The highest BCUT2D eigenvalue weighted by molar-refractivity contribution is 5.92. The number of aliphatic hydroxyl groups is 1. The standard InChI is InChI=1S/C17H21N5O2/c1-12(20-17(24)15-3-2-7-19-21-15)14-4-8-18-11-16(14)22-9-5-13(23)6-10-22/h2-4,7-8,11-13,23H,5-6,9-10H2,1H3,(H,20,24). The van der Waals surface area contributed by atoms with Gasteiger partial charge in [0.2, 0.25) is 0 Å². The fourth-order valence-corrected chi connectivity index (χ4v) is 2.91. The van der Waals surface area contributed by atoms with Gasteiger partial charge in [-0.05, 0) is 38.0 Å². The van der Waals surface area contributed by atoms with Crippen molar-refractivity contribution in [3.05, 3.63) is 48.0 Å². The number of rotatable bonds is 4. The summed E-state index contributed by atoms with van der Waals surface area (Å²) in [6.45, 7) is 3.50. The molecule has 2 aromatic heterocycles. The fraction of sp³-hybridized carbons (Fsp3) is 0.412. The average molecular weight is 327 g/mol. The van der Waals surface area contributed by atoms with Crippen LogP contribution in [-0.2, 0) is 0 Å². The Kier molecular flexibility index (Phi) is 5.00. The number of hydrogen-bond donors (Lipinski definition) is 2. The number of aromatic nitrogens is 3. The van der Waals surface area contributed by atoms with Crippen LogP contribution in [0.2, 0.25) is 0 Å². The molecule has 24 heavy (non-hydrogen) atoms. The zero-order valence-electron chi connectivity index (χ0n) is 13.6. The number of aliphatic hydroxyl groups excluding tert-OH is 1. The highest BCUT2D eigenvalue weighted by Gasteiger charge is 2.22. The van der Waals surface area contributed by atoms with Crippen LogP contribution in [0.15, 0.2) is 36.8 Å². The molecule has 3 rings (SSSR count). The third-order valence-electron chi connectivity index (χ3n) is 4.26. The van der Waals surface area contributed by atoms with E-state index in [2.05, 4.69) is 25.4 Å². The largest absolute Gasteiger partial charge is 0.393 e. The molecule has 0 radical (unpaired) electrons. The lowest BCUT2D eigenvalue weighted by Crippen LogP contribution is -2.37. The number of carbonyl (C=O) groups is 1. The Morgan fingerprint density at radius 1 is 1.33 bits per heavy atom. The summed E-state index contributed by atoms with van der Waals surface area (Å²) in [6, 6.07) is 5.05. The molecule has 1 aliphatic rings. The minimum Gasteiger partial charge on any atom is -0.393 e. The average Bonchev–Trinajstić information content (AvgIpc) is 2.63. The predicted octanol–water partition coefficient (Wildman–Crippen LogP) is 1.32. The number of hydrogen-bond acceptors (Lipinski definition) is 6. The van der Waals surface area contributed by atoms with E-state index in [0.29, 0.717) is 5.69 Å². The second-order valence-corrected chi connectivity index (χ2v) is 5.96. The third-order valence-corrected chi connectivity index (χ3v) is 4.26. The van der Waals surface area contributed by atoms with Crippen LogP contribution in [0.1, 0.15) is 41.9 Å². The van der Waals surface area contributed by atoms with Crippen molar-refractivity contribution in [2.75, 3.05) is 18.0 Å². The number of nitrogens with one attached hydrogen (secondary N) is 1. The molecule has 0 aliphatic carbocycles. The lowest BCUT2D eigenvalue weighted by atomic mass is 10.0. The topological polar surface area (TPSA) is 91.2 Å². The SMILES string of the molecule is CC(NC(=O)c1cccnn1)c1ccncc1N1CCC(O)CC1. The molecule has 2 N–H and O–H groups in total. The van der Waals surface area contributed by atoms with Crippen LogP contribution in [0.5, 0.6) is 0 Å². The lowest BCUT2D eigenvalue weighted by molar-refractivity contribution is 0.0934. The first-order valence-corrected chi connectivity index (χ1v) is 8.10. The summed E-state index contributed by atoms with van der Waals surface area (Å²) in [4.78, 5) is 18.7. The van der Waals surface area contributed by atoms with E-state index in [1.807, 2.05) is 19.2 Å². The molecule has 7 heteroatoms. The van der Waals surface area contributed by atoms with Gasteiger partial charge < -0.3 is 15.3 Å². The monoisotopic (exact) mass is 327 g/mol. The van der Waals surface area contributed by atoms with Gasteiger partial charge in [-0.2, -0.15) is 5.10 Å². The fourth-order valence-electron chi connectivity index (χ4n) is 2.91. The van der Waals surface area contributed by atoms with E-state index in [4.69, 9.17) is 0 Å². The number of nitrogens with zero attached hydrogens (tertiary/aromatic N) is 4. The molecule has 7 nitrogen and oxygen atoms in total. The molecule has 1 atom stereocenters. The first-order valence-electron chi connectivity index (χ1n) is 8.10. The molecule has 1 amide bonds. The zero-order chi connectivity index (χ0) is 16.9. The minimum absolute atomic E-state index is 0.190. The summed E-state index contributed by atoms with van der Waals surface area (Å²) in [5.74, 6) is -0.257. The number of amides is 1. The number of pyridine rings is 1. The maximum absolute atomic E-state index is 12.3. The molecule has 126 valence electrons. The highest BCUT2D eigenvalue weighted by Crippen LogP contribution is 2.28. The van der Waals surface area contributed by atoms with Gasteiger partial charge in [0, 0.05) is 31.0 Å². The smallest absolute Gasteiger partial charge is 0.272 e. The van der Waals surface area contributed by atoms with Gasteiger partial charge in [-0.15, -0.1) is 5.10 Å². The summed E-state index contributed by atoms with van der Waals surface area (Å²) >= 11 is 0. The molecule has 0 saturated carbocycles. The highest BCUT2D eigenvalue weighted by atomic mass is 16.3. The van der Waals surface area contributed by atoms with Crippen molar-refractivity contribution in [2.24, 2.45) is 0 Å². The Balaban J connectivity index is 1.75. The van der Waals surface area contributed by atoms with Gasteiger partial charge in [-0.1, -0.05) is 0 Å². The first kappa shape index (κ1) is 16.3. The van der Waals surface area contributed by atoms with Gasteiger partial charge in [-0.25, -0.2) is 0 Å². The third kappa shape index (κ3) is 3.68. The molecule has 1 unspecified atom stereocenters. The van der Waals surface area contributed by atoms with E-state index < -0.39 is 0 Å². The molecule has 2 aromatic rings. The quantitative estimate of drug-likeness (QED) is 0.880. The van der Waals surface area contributed by atoms with Crippen molar-refractivity contribution >= 4 is 11.6 Å². The van der Waals surface area contributed by atoms with E-state index in [1.165, 1.54) is 6.20 Å². The summed E-state index contributed by atoms with van der Waals surface area (Å²) < 4.78 is 0. The Morgan fingerprint density at radius 2 is 2.12 bits per heavy atom. The summed E-state index contributed by atoms with van der Waals surface area (Å²) in [5, 5.41) is 20.2. The zero-order valence-corrected chi connectivity index (χ0v) is 13.6. The van der Waals surface area contributed by atoms with E-state index in [0.717, 1.165) is 37.2 Å². The molecular weight excluding hydrogens is 306 g/mol. The Morgan fingerprint density at radius 3 is 2.83 bits per heavy atom. The van der Waals surface area contributed by atoms with Crippen LogP contribution in [-0.4, -0.2) is 45.4 Å². The second kappa shape index (κ2) is 7.35. The van der Waals surface area contributed by atoms with Gasteiger partial charge in [0.05, 0.1) is 24.0 Å². The maximum atomic E-state index is 12.3.